The fourth-order valence-electron chi connectivity index (χ4n) is 1.06. The van der Waals surface area contributed by atoms with Gasteiger partial charge in [-0.05, 0) is 12.1 Å². The maximum atomic E-state index is 12.9. The molecule has 0 amide bonds. The van der Waals surface area contributed by atoms with Gasteiger partial charge in [-0.2, -0.15) is 8.42 Å². The van der Waals surface area contributed by atoms with Crippen LogP contribution < -0.4 is 0 Å². The first-order valence-electron chi connectivity index (χ1n) is 4.13. The van der Waals surface area contributed by atoms with E-state index in [-0.39, 0.29) is 0 Å². The zero-order chi connectivity index (χ0) is 12.6. The lowest BCUT2D eigenvalue weighted by Crippen LogP contribution is -2.23. The molecule has 1 rings (SSSR count). The third-order valence-corrected chi connectivity index (χ3v) is 4.75. The second kappa shape index (κ2) is 4.11. The predicted octanol–water partition coefficient (Wildman–Crippen LogP) is 0.595. The molecule has 0 N–H and O–H groups in total. The van der Waals surface area contributed by atoms with Crippen molar-refractivity contribution in [3.05, 3.63) is 24.3 Å². The van der Waals surface area contributed by atoms with Crippen LogP contribution >= 0.6 is 0 Å². The van der Waals surface area contributed by atoms with Gasteiger partial charge in [0.2, 0.25) is 10.0 Å². The maximum Gasteiger partial charge on any atom is 0.333 e. The van der Waals surface area contributed by atoms with Gasteiger partial charge in [-0.25, -0.2) is 12.7 Å². The highest BCUT2D eigenvalue weighted by Gasteiger charge is 2.27. The molecule has 5 nitrogen and oxygen atoms in total. The molecular weight excluding hydrogens is 257 g/mol. The Morgan fingerprint density at radius 1 is 1.00 bits per heavy atom. The Balaban J connectivity index is 3.61. The summed E-state index contributed by atoms with van der Waals surface area (Å²) in [6.07, 6.45) is 0. The fraction of sp³-hybridized carbons (Fsp3) is 0.250. The molecule has 16 heavy (non-hydrogen) atoms. The van der Waals surface area contributed by atoms with Gasteiger partial charge < -0.3 is 0 Å². The van der Waals surface area contributed by atoms with Crippen LogP contribution in [0.15, 0.2) is 34.1 Å². The predicted molar refractivity (Wildman–Crippen MR) is 55.6 cm³/mol. The smallest absolute Gasteiger partial charge is 0.207 e. The van der Waals surface area contributed by atoms with E-state index in [0.29, 0.717) is 0 Å². The van der Waals surface area contributed by atoms with Crippen LogP contribution in [-0.2, 0) is 20.2 Å². The minimum absolute atomic E-state index is 0.567. The van der Waals surface area contributed by atoms with E-state index in [1.165, 1.54) is 26.2 Å². The molecule has 0 heterocycles. The number of sulfonamides is 1. The summed E-state index contributed by atoms with van der Waals surface area (Å²) < 4.78 is 58.6. The second-order valence-electron chi connectivity index (χ2n) is 3.17. The van der Waals surface area contributed by atoms with Gasteiger partial charge >= 0.3 is 10.2 Å². The van der Waals surface area contributed by atoms with Crippen LogP contribution in [0.3, 0.4) is 0 Å². The first kappa shape index (κ1) is 13.1. The number of rotatable bonds is 3. The molecule has 0 saturated carbocycles. The molecule has 0 aliphatic carbocycles. The van der Waals surface area contributed by atoms with Crippen LogP contribution in [-0.4, -0.2) is 35.2 Å². The van der Waals surface area contributed by atoms with Gasteiger partial charge in [0.1, 0.15) is 9.79 Å². The topological polar surface area (TPSA) is 71.5 Å². The van der Waals surface area contributed by atoms with Crippen LogP contribution in [0.1, 0.15) is 0 Å². The molecule has 0 aliphatic heterocycles. The zero-order valence-corrected chi connectivity index (χ0v) is 10.2. The Kier molecular flexibility index (Phi) is 3.36. The van der Waals surface area contributed by atoms with E-state index in [0.717, 1.165) is 16.4 Å². The number of nitrogens with zero attached hydrogens (tertiary/aromatic N) is 1. The number of hydrogen-bond acceptors (Lipinski definition) is 4. The van der Waals surface area contributed by atoms with Gasteiger partial charge in [-0.3, -0.25) is 0 Å². The van der Waals surface area contributed by atoms with Crippen molar-refractivity contribution in [2.24, 2.45) is 0 Å². The highest BCUT2D eigenvalue weighted by Crippen LogP contribution is 2.24. The van der Waals surface area contributed by atoms with Gasteiger partial charge in [0.05, 0.1) is 0 Å². The molecule has 90 valence electrons. The molecule has 0 unspecified atom stereocenters. The molecule has 0 saturated heterocycles. The average molecular weight is 267 g/mol. The van der Waals surface area contributed by atoms with E-state index < -0.39 is 30.0 Å². The monoisotopic (exact) mass is 267 g/mol. The molecule has 1 aromatic carbocycles. The molecule has 0 aromatic heterocycles. The number of hydrogen-bond donors (Lipinski definition) is 0. The van der Waals surface area contributed by atoms with E-state index in [4.69, 9.17) is 0 Å². The first-order valence-corrected chi connectivity index (χ1v) is 6.96. The minimum atomic E-state index is -5.06. The molecule has 0 radical (unpaired) electrons. The Bertz CT molecular complexity index is 592. The first-order chi connectivity index (χ1) is 7.17. The fourth-order valence-corrected chi connectivity index (χ4v) is 3.19. The summed E-state index contributed by atoms with van der Waals surface area (Å²) >= 11 is 0. The lowest BCUT2D eigenvalue weighted by atomic mass is 10.4. The normalized spacial score (nSPS) is 13.0. The largest absolute Gasteiger partial charge is 0.333 e. The number of halogens is 1. The summed E-state index contributed by atoms with van der Waals surface area (Å²) in [7, 11) is -6.57. The van der Waals surface area contributed by atoms with Crippen LogP contribution in [0, 0.1) is 0 Å². The van der Waals surface area contributed by atoms with Crippen LogP contribution in [0.4, 0.5) is 3.89 Å². The van der Waals surface area contributed by atoms with Gasteiger partial charge in [-0.1, -0.05) is 12.1 Å². The van der Waals surface area contributed by atoms with Crippen molar-refractivity contribution in [1.29, 1.82) is 0 Å². The zero-order valence-electron chi connectivity index (χ0n) is 8.58. The third kappa shape index (κ3) is 2.39. The van der Waals surface area contributed by atoms with Crippen molar-refractivity contribution >= 4 is 20.2 Å². The Morgan fingerprint density at radius 2 is 1.44 bits per heavy atom. The number of benzene rings is 1. The molecule has 0 fully saturated rings. The van der Waals surface area contributed by atoms with Crippen LogP contribution in [0.5, 0.6) is 0 Å². The van der Waals surface area contributed by atoms with E-state index in [2.05, 4.69) is 0 Å². The van der Waals surface area contributed by atoms with E-state index >= 15 is 0 Å². The average Bonchev–Trinajstić information content (AvgIpc) is 2.16. The molecule has 0 bridgehead atoms. The van der Waals surface area contributed by atoms with Crippen molar-refractivity contribution in [3.8, 4) is 0 Å². The molecule has 0 aliphatic rings. The molecule has 0 spiro atoms. The van der Waals surface area contributed by atoms with Crippen molar-refractivity contribution in [2.45, 2.75) is 9.79 Å². The Morgan fingerprint density at radius 3 is 1.81 bits per heavy atom. The second-order valence-corrected chi connectivity index (χ2v) is 6.61. The SMILES string of the molecule is CN(C)S(=O)(=O)c1ccccc1S(=O)(=O)F. The maximum absolute atomic E-state index is 12.9. The summed E-state index contributed by atoms with van der Waals surface area (Å²) in [6, 6.07) is 4.53. The summed E-state index contributed by atoms with van der Waals surface area (Å²) in [5.41, 5.74) is 0. The lowest BCUT2D eigenvalue weighted by molar-refractivity contribution is 0.514. The van der Waals surface area contributed by atoms with Crippen molar-refractivity contribution in [1.82, 2.24) is 4.31 Å². The highest BCUT2D eigenvalue weighted by molar-refractivity contribution is 7.91. The lowest BCUT2D eigenvalue weighted by Gasteiger charge is -2.12. The molecule has 1 aromatic rings. The molecular formula is C8H10FNO4S2. The van der Waals surface area contributed by atoms with E-state index in [1.807, 2.05) is 0 Å². The van der Waals surface area contributed by atoms with Crippen LogP contribution in [0.2, 0.25) is 0 Å². The van der Waals surface area contributed by atoms with Crippen LogP contribution in [0.25, 0.3) is 0 Å². The minimum Gasteiger partial charge on any atom is -0.207 e. The summed E-state index contributed by atoms with van der Waals surface area (Å²) in [6.45, 7) is 0. The van der Waals surface area contributed by atoms with Crippen molar-refractivity contribution in [3.63, 3.8) is 0 Å². The van der Waals surface area contributed by atoms with E-state index in [1.54, 1.807) is 0 Å². The molecule has 8 heteroatoms. The van der Waals surface area contributed by atoms with Gasteiger partial charge in [0.25, 0.3) is 0 Å². The van der Waals surface area contributed by atoms with Crippen molar-refractivity contribution < 1.29 is 20.7 Å². The highest BCUT2D eigenvalue weighted by atomic mass is 32.3. The summed E-state index contributed by atoms with van der Waals surface area (Å²) in [4.78, 5) is -1.41. The van der Waals surface area contributed by atoms with E-state index in [9.17, 15) is 20.7 Å². The Labute approximate surface area is 93.8 Å². The summed E-state index contributed by atoms with van der Waals surface area (Å²) in [5.74, 6) is 0. The third-order valence-electron chi connectivity index (χ3n) is 1.87. The summed E-state index contributed by atoms with van der Waals surface area (Å²) in [5, 5.41) is 0. The van der Waals surface area contributed by atoms with Crippen molar-refractivity contribution in [2.75, 3.05) is 14.1 Å². The molecule has 0 atom stereocenters. The van der Waals surface area contributed by atoms with Gasteiger partial charge in [0, 0.05) is 14.1 Å². The Hall–Kier alpha value is -0.990. The van der Waals surface area contributed by atoms with Gasteiger partial charge in [0.15, 0.2) is 0 Å². The quantitative estimate of drug-likeness (QED) is 0.752. The standard InChI is InChI=1S/C8H10FNO4S2/c1-10(2)16(13,14)8-6-4-3-5-7(8)15(9,11)12/h3-6H,1-2H3. The van der Waals surface area contributed by atoms with Gasteiger partial charge in [-0.15, -0.1) is 3.89 Å².